The molecule has 0 aliphatic heterocycles. The Morgan fingerprint density at radius 1 is 1.00 bits per heavy atom. The Balaban J connectivity index is 2.14. The molecule has 0 aliphatic rings. The van der Waals surface area contributed by atoms with Crippen LogP contribution < -0.4 is 5.32 Å². The van der Waals surface area contributed by atoms with Crippen molar-refractivity contribution in [3.63, 3.8) is 0 Å². The van der Waals surface area contributed by atoms with E-state index in [1.54, 1.807) is 35.2 Å². The number of sulfonamides is 1. The van der Waals surface area contributed by atoms with Gasteiger partial charge >= 0.3 is 0 Å². The normalized spacial score (nSPS) is 13.3. The molecule has 7 nitrogen and oxygen atoms in total. The summed E-state index contributed by atoms with van der Waals surface area (Å²) in [6.45, 7) is 8.37. The molecule has 0 saturated carbocycles. The predicted octanol–water partition coefficient (Wildman–Crippen LogP) is 4.12. The van der Waals surface area contributed by atoms with Gasteiger partial charge in [0, 0.05) is 32.6 Å². The zero-order chi connectivity index (χ0) is 26.0. The first kappa shape index (κ1) is 28.5. The van der Waals surface area contributed by atoms with Crippen molar-refractivity contribution in [3.8, 4) is 0 Å². The van der Waals surface area contributed by atoms with E-state index in [4.69, 9.17) is 0 Å². The number of hydrogen-bond donors (Lipinski definition) is 1. The van der Waals surface area contributed by atoms with Crippen LogP contribution in [0, 0.1) is 6.92 Å². The van der Waals surface area contributed by atoms with E-state index < -0.39 is 16.1 Å². The summed E-state index contributed by atoms with van der Waals surface area (Å²) in [6.07, 6.45) is 1.79. The van der Waals surface area contributed by atoms with Gasteiger partial charge in [-0.2, -0.15) is 0 Å². The van der Waals surface area contributed by atoms with Crippen LogP contribution in [0.2, 0.25) is 0 Å². The number of nitrogens with zero attached hydrogens (tertiary/aromatic N) is 2. The van der Waals surface area contributed by atoms with Crippen molar-refractivity contribution in [1.82, 2.24) is 14.5 Å². The van der Waals surface area contributed by atoms with Gasteiger partial charge in [0.2, 0.25) is 21.8 Å². The van der Waals surface area contributed by atoms with E-state index in [1.165, 1.54) is 11.4 Å². The molecule has 0 unspecified atom stereocenters. The third-order valence-corrected chi connectivity index (χ3v) is 8.01. The van der Waals surface area contributed by atoms with Gasteiger partial charge in [-0.15, -0.1) is 0 Å². The number of hydrogen-bond acceptors (Lipinski definition) is 4. The fraction of sp³-hybridized carbons (Fsp3) is 0.481. The van der Waals surface area contributed by atoms with Crippen LogP contribution in [-0.2, 0) is 26.2 Å². The van der Waals surface area contributed by atoms with E-state index in [0.717, 1.165) is 17.5 Å². The van der Waals surface area contributed by atoms with Gasteiger partial charge in [0.05, 0.1) is 4.90 Å². The van der Waals surface area contributed by atoms with Crippen molar-refractivity contribution >= 4 is 21.8 Å². The lowest BCUT2D eigenvalue weighted by Crippen LogP contribution is -2.50. The molecular formula is C27H39N3O4S. The third kappa shape index (κ3) is 8.18. The summed E-state index contributed by atoms with van der Waals surface area (Å²) in [5.41, 5.74) is 2.04. The predicted molar refractivity (Wildman–Crippen MR) is 139 cm³/mol. The molecule has 0 saturated heterocycles. The summed E-state index contributed by atoms with van der Waals surface area (Å²) in [5.74, 6) is -0.324. The molecule has 0 fully saturated rings. The number of rotatable bonds is 13. The number of carbonyl (C=O) groups excluding carboxylic acids is 2. The van der Waals surface area contributed by atoms with Crippen LogP contribution in [0.3, 0.4) is 0 Å². The minimum Gasteiger partial charge on any atom is -0.352 e. The average molecular weight is 502 g/mol. The zero-order valence-electron chi connectivity index (χ0n) is 21.5. The number of amides is 2. The Kier molecular flexibility index (Phi) is 10.9. The minimum absolute atomic E-state index is 0.0179. The molecule has 2 rings (SSSR count). The van der Waals surface area contributed by atoms with Gasteiger partial charge < -0.3 is 10.2 Å². The van der Waals surface area contributed by atoms with E-state index in [-0.39, 0.29) is 35.7 Å². The minimum atomic E-state index is -3.62. The van der Waals surface area contributed by atoms with E-state index in [9.17, 15) is 18.0 Å². The van der Waals surface area contributed by atoms with E-state index in [0.29, 0.717) is 19.4 Å². The van der Waals surface area contributed by atoms with Gasteiger partial charge in [-0.25, -0.2) is 12.7 Å². The SMILES string of the molecule is CC[C@H](C)NC(=O)[C@H](CC)N(Cc1cccc(C)c1)C(=O)CCCN(C)S(=O)(=O)c1ccccc1. The average Bonchev–Trinajstić information content (AvgIpc) is 2.84. The molecule has 0 radical (unpaired) electrons. The Morgan fingerprint density at radius 3 is 2.29 bits per heavy atom. The van der Waals surface area contributed by atoms with E-state index in [1.807, 2.05) is 52.0 Å². The highest BCUT2D eigenvalue weighted by Gasteiger charge is 2.29. The summed E-state index contributed by atoms with van der Waals surface area (Å²) >= 11 is 0. The Morgan fingerprint density at radius 2 is 1.69 bits per heavy atom. The standard InChI is InChI=1S/C27H39N3O4S/c1-6-22(4)28-27(32)25(7-2)30(20-23-14-11-13-21(3)19-23)26(31)17-12-18-29(5)35(33,34)24-15-9-8-10-16-24/h8-11,13-16,19,22,25H,6-7,12,17-18,20H2,1-5H3,(H,28,32)/t22-,25-/m0/s1. The number of benzene rings is 2. The Labute approximate surface area is 210 Å². The second kappa shape index (κ2) is 13.4. The topological polar surface area (TPSA) is 86.8 Å². The van der Waals surface area contributed by atoms with E-state index in [2.05, 4.69) is 5.32 Å². The van der Waals surface area contributed by atoms with Gasteiger partial charge in [0.25, 0.3) is 0 Å². The van der Waals surface area contributed by atoms with Crippen LogP contribution in [0.15, 0.2) is 59.5 Å². The lowest BCUT2D eigenvalue weighted by Gasteiger charge is -2.32. The number of nitrogens with one attached hydrogen (secondary N) is 1. The molecule has 35 heavy (non-hydrogen) atoms. The van der Waals surface area contributed by atoms with Crippen LogP contribution in [0.4, 0.5) is 0 Å². The first-order valence-corrected chi connectivity index (χ1v) is 13.7. The van der Waals surface area contributed by atoms with Crippen molar-refractivity contribution in [2.24, 2.45) is 0 Å². The molecule has 0 aliphatic carbocycles. The number of aryl methyl sites for hydroxylation is 1. The van der Waals surface area contributed by atoms with Gasteiger partial charge in [-0.05, 0) is 50.8 Å². The molecule has 192 valence electrons. The summed E-state index contributed by atoms with van der Waals surface area (Å²) in [5, 5.41) is 3.01. The van der Waals surface area contributed by atoms with E-state index >= 15 is 0 Å². The maximum atomic E-state index is 13.4. The lowest BCUT2D eigenvalue weighted by atomic mass is 10.1. The molecule has 1 N–H and O–H groups in total. The second-order valence-electron chi connectivity index (χ2n) is 9.00. The Hall–Kier alpha value is -2.71. The fourth-order valence-electron chi connectivity index (χ4n) is 3.86. The molecule has 0 aromatic heterocycles. The van der Waals surface area contributed by atoms with Crippen molar-refractivity contribution in [3.05, 3.63) is 65.7 Å². The highest BCUT2D eigenvalue weighted by molar-refractivity contribution is 7.89. The van der Waals surface area contributed by atoms with Crippen LogP contribution in [-0.4, -0.2) is 55.1 Å². The largest absolute Gasteiger partial charge is 0.352 e. The third-order valence-electron chi connectivity index (χ3n) is 6.14. The molecule has 2 aromatic rings. The molecule has 0 spiro atoms. The molecule has 8 heteroatoms. The summed E-state index contributed by atoms with van der Waals surface area (Å²) in [4.78, 5) is 28.3. The molecule has 0 bridgehead atoms. The monoisotopic (exact) mass is 501 g/mol. The smallest absolute Gasteiger partial charge is 0.243 e. The van der Waals surface area contributed by atoms with Gasteiger partial charge in [-0.3, -0.25) is 9.59 Å². The molecule has 2 atom stereocenters. The number of carbonyl (C=O) groups is 2. The first-order chi connectivity index (χ1) is 16.6. The van der Waals surface area contributed by atoms with Crippen LogP contribution in [0.5, 0.6) is 0 Å². The fourth-order valence-corrected chi connectivity index (χ4v) is 5.09. The summed E-state index contributed by atoms with van der Waals surface area (Å²) in [7, 11) is -2.10. The van der Waals surface area contributed by atoms with Crippen LogP contribution in [0.25, 0.3) is 0 Å². The highest BCUT2D eigenvalue weighted by atomic mass is 32.2. The molecule has 2 aromatic carbocycles. The van der Waals surface area contributed by atoms with Crippen molar-refractivity contribution in [2.45, 2.75) is 76.9 Å². The summed E-state index contributed by atoms with van der Waals surface area (Å²) < 4.78 is 26.8. The van der Waals surface area contributed by atoms with Crippen molar-refractivity contribution in [1.29, 1.82) is 0 Å². The van der Waals surface area contributed by atoms with Crippen LogP contribution in [0.1, 0.15) is 57.6 Å². The second-order valence-corrected chi connectivity index (χ2v) is 11.0. The Bertz CT molecular complexity index is 1070. The van der Waals surface area contributed by atoms with Crippen molar-refractivity contribution < 1.29 is 18.0 Å². The van der Waals surface area contributed by atoms with Crippen molar-refractivity contribution in [2.75, 3.05) is 13.6 Å². The van der Waals surface area contributed by atoms with Gasteiger partial charge in [0.15, 0.2) is 0 Å². The maximum absolute atomic E-state index is 13.4. The van der Waals surface area contributed by atoms with Crippen LogP contribution >= 0.6 is 0 Å². The highest BCUT2D eigenvalue weighted by Crippen LogP contribution is 2.17. The van der Waals surface area contributed by atoms with Gasteiger partial charge in [0.1, 0.15) is 6.04 Å². The zero-order valence-corrected chi connectivity index (χ0v) is 22.3. The lowest BCUT2D eigenvalue weighted by molar-refractivity contribution is -0.141. The quantitative estimate of drug-likeness (QED) is 0.447. The molecule has 2 amide bonds. The maximum Gasteiger partial charge on any atom is 0.243 e. The summed E-state index contributed by atoms with van der Waals surface area (Å²) in [6, 6.07) is 15.6. The van der Waals surface area contributed by atoms with Gasteiger partial charge in [-0.1, -0.05) is 61.9 Å². The molecule has 0 heterocycles. The first-order valence-electron chi connectivity index (χ1n) is 12.3. The molecular weight excluding hydrogens is 462 g/mol.